The first kappa shape index (κ1) is 17.8. The van der Waals surface area contributed by atoms with Crippen LogP contribution < -0.4 is 14.5 Å². The molecule has 6 heteroatoms. The van der Waals surface area contributed by atoms with E-state index in [1.54, 1.807) is 7.11 Å². The molecule has 6 nitrogen and oxygen atoms in total. The van der Waals surface area contributed by atoms with Gasteiger partial charge in [0.25, 0.3) is 0 Å². The number of carbonyl (C=O) groups is 1. The Bertz CT molecular complexity index is 768. The van der Waals surface area contributed by atoms with Gasteiger partial charge in [0.1, 0.15) is 0 Å². The second kappa shape index (κ2) is 7.96. The molecule has 0 bridgehead atoms. The van der Waals surface area contributed by atoms with E-state index in [4.69, 9.17) is 4.74 Å². The molecule has 1 aromatic carbocycles. The summed E-state index contributed by atoms with van der Waals surface area (Å²) >= 11 is 0. The van der Waals surface area contributed by atoms with Crippen LogP contribution in [0.25, 0.3) is 0 Å². The van der Waals surface area contributed by atoms with Gasteiger partial charge in [0.05, 0.1) is 19.0 Å². The molecule has 3 heterocycles. The Kier molecular flexibility index (Phi) is 5.25. The van der Waals surface area contributed by atoms with E-state index in [1.807, 2.05) is 17.2 Å². The van der Waals surface area contributed by atoms with Gasteiger partial charge in [-0.15, -0.1) is 0 Å². The molecule has 2 aliphatic heterocycles. The minimum atomic E-state index is 0.242. The molecule has 0 spiro atoms. The zero-order chi connectivity index (χ0) is 18.6. The number of anilines is 2. The number of nitrogens with zero attached hydrogens (tertiary/aromatic N) is 4. The third-order valence-corrected chi connectivity index (χ3v) is 5.39. The maximum absolute atomic E-state index is 11.9. The van der Waals surface area contributed by atoms with E-state index in [0.29, 0.717) is 12.3 Å². The minimum absolute atomic E-state index is 0.242. The lowest BCUT2D eigenvalue weighted by molar-refractivity contribution is -0.117. The van der Waals surface area contributed by atoms with Crippen LogP contribution in [0.2, 0.25) is 0 Å². The first-order valence-electron chi connectivity index (χ1n) is 9.59. The summed E-state index contributed by atoms with van der Waals surface area (Å²) in [7, 11) is 1.64. The number of ether oxygens (including phenoxy) is 1. The van der Waals surface area contributed by atoms with Crippen LogP contribution >= 0.6 is 0 Å². The summed E-state index contributed by atoms with van der Waals surface area (Å²) in [6.45, 7) is 5.84. The van der Waals surface area contributed by atoms with Gasteiger partial charge in [0.15, 0.2) is 0 Å². The van der Waals surface area contributed by atoms with Gasteiger partial charge in [-0.1, -0.05) is 12.1 Å². The van der Waals surface area contributed by atoms with Crippen molar-refractivity contribution >= 4 is 17.3 Å². The van der Waals surface area contributed by atoms with E-state index in [1.165, 1.54) is 5.56 Å². The van der Waals surface area contributed by atoms with E-state index in [0.717, 1.165) is 57.1 Å². The highest BCUT2D eigenvalue weighted by atomic mass is 16.5. The molecule has 0 atom stereocenters. The topological polar surface area (TPSA) is 48.9 Å². The molecule has 1 amide bonds. The van der Waals surface area contributed by atoms with Gasteiger partial charge in [-0.3, -0.25) is 9.69 Å². The highest BCUT2D eigenvalue weighted by molar-refractivity contribution is 5.95. The van der Waals surface area contributed by atoms with Crippen molar-refractivity contribution in [2.24, 2.45) is 0 Å². The molecule has 0 N–H and O–H groups in total. The summed E-state index contributed by atoms with van der Waals surface area (Å²) in [6, 6.07) is 12.4. The monoisotopic (exact) mass is 366 g/mol. The van der Waals surface area contributed by atoms with E-state index in [9.17, 15) is 4.79 Å². The number of benzene rings is 1. The van der Waals surface area contributed by atoms with Crippen LogP contribution in [-0.2, 0) is 11.3 Å². The van der Waals surface area contributed by atoms with Crippen molar-refractivity contribution in [1.29, 1.82) is 0 Å². The van der Waals surface area contributed by atoms with Crippen molar-refractivity contribution in [3.05, 3.63) is 48.2 Å². The fourth-order valence-electron chi connectivity index (χ4n) is 3.81. The van der Waals surface area contributed by atoms with Gasteiger partial charge in [0.2, 0.25) is 11.8 Å². The number of hydrogen-bond donors (Lipinski definition) is 0. The number of carbonyl (C=O) groups excluding carboxylic acids is 1. The Morgan fingerprint density at radius 2 is 1.70 bits per heavy atom. The average molecular weight is 366 g/mol. The van der Waals surface area contributed by atoms with Crippen LogP contribution in [0.1, 0.15) is 18.4 Å². The smallest absolute Gasteiger partial charge is 0.227 e. The van der Waals surface area contributed by atoms with Crippen LogP contribution in [0.5, 0.6) is 5.88 Å². The predicted octanol–water partition coefficient (Wildman–Crippen LogP) is 2.54. The lowest BCUT2D eigenvalue weighted by atomic mass is 10.1. The molecule has 0 saturated carbocycles. The predicted molar refractivity (Wildman–Crippen MR) is 106 cm³/mol. The van der Waals surface area contributed by atoms with Gasteiger partial charge < -0.3 is 14.5 Å². The molecule has 2 saturated heterocycles. The van der Waals surface area contributed by atoms with Gasteiger partial charge >= 0.3 is 0 Å². The summed E-state index contributed by atoms with van der Waals surface area (Å²) < 4.78 is 5.13. The van der Waals surface area contributed by atoms with Crippen molar-refractivity contribution in [1.82, 2.24) is 9.88 Å². The largest absolute Gasteiger partial charge is 0.481 e. The van der Waals surface area contributed by atoms with Crippen LogP contribution in [0.3, 0.4) is 0 Å². The van der Waals surface area contributed by atoms with E-state index < -0.39 is 0 Å². The van der Waals surface area contributed by atoms with E-state index in [2.05, 4.69) is 45.1 Å². The average Bonchev–Trinajstić information content (AvgIpc) is 3.15. The molecular weight excluding hydrogens is 340 g/mol. The van der Waals surface area contributed by atoms with E-state index in [-0.39, 0.29) is 5.91 Å². The molecule has 2 aromatic rings. The zero-order valence-corrected chi connectivity index (χ0v) is 15.8. The fourth-order valence-corrected chi connectivity index (χ4v) is 3.81. The molecule has 1 aromatic heterocycles. The highest BCUT2D eigenvalue weighted by Crippen LogP contribution is 2.23. The van der Waals surface area contributed by atoms with E-state index >= 15 is 0 Å². The van der Waals surface area contributed by atoms with Crippen LogP contribution in [0, 0.1) is 0 Å². The number of aromatic nitrogens is 1. The summed E-state index contributed by atoms with van der Waals surface area (Å²) in [5.74, 6) is 0.892. The molecule has 0 radical (unpaired) electrons. The standard InChI is InChI=1S/C21H26N4O2/c1-27-20-9-8-19(15-22-20)24-13-11-23(12-14-24)16-17-4-6-18(7-5-17)25-10-2-3-21(25)26/h4-9,15H,2-3,10-14,16H2,1H3. The third kappa shape index (κ3) is 4.06. The Hall–Kier alpha value is -2.60. The van der Waals surface area contributed by atoms with Crippen LogP contribution in [-0.4, -0.2) is 55.6 Å². The molecular formula is C21H26N4O2. The Labute approximate surface area is 160 Å². The molecule has 0 unspecified atom stereocenters. The first-order chi connectivity index (χ1) is 13.2. The SMILES string of the molecule is COc1ccc(N2CCN(Cc3ccc(N4CCCC4=O)cc3)CC2)cn1. The van der Waals surface area contributed by atoms with Crippen LogP contribution in [0.15, 0.2) is 42.6 Å². The van der Waals surface area contributed by atoms with Crippen molar-refractivity contribution in [2.75, 3.05) is 49.6 Å². The number of amides is 1. The summed E-state index contributed by atoms with van der Waals surface area (Å²) in [5.41, 5.74) is 3.47. The molecule has 27 heavy (non-hydrogen) atoms. The maximum atomic E-state index is 11.9. The Morgan fingerprint density at radius 3 is 2.30 bits per heavy atom. The number of hydrogen-bond acceptors (Lipinski definition) is 5. The summed E-state index contributed by atoms with van der Waals surface area (Å²) in [5, 5.41) is 0. The van der Waals surface area contributed by atoms with Crippen molar-refractivity contribution in [3.8, 4) is 5.88 Å². The third-order valence-electron chi connectivity index (χ3n) is 5.39. The minimum Gasteiger partial charge on any atom is -0.481 e. The molecule has 4 rings (SSSR count). The van der Waals surface area contributed by atoms with Gasteiger partial charge in [-0.2, -0.15) is 0 Å². The van der Waals surface area contributed by atoms with Crippen LogP contribution in [0.4, 0.5) is 11.4 Å². The highest BCUT2D eigenvalue weighted by Gasteiger charge is 2.22. The lowest BCUT2D eigenvalue weighted by Gasteiger charge is -2.36. The van der Waals surface area contributed by atoms with Crippen molar-refractivity contribution < 1.29 is 9.53 Å². The second-order valence-corrected chi connectivity index (χ2v) is 7.14. The molecule has 2 fully saturated rings. The maximum Gasteiger partial charge on any atom is 0.227 e. The number of rotatable bonds is 5. The zero-order valence-electron chi connectivity index (χ0n) is 15.8. The first-order valence-corrected chi connectivity index (χ1v) is 9.59. The molecule has 0 aliphatic carbocycles. The fraction of sp³-hybridized carbons (Fsp3) is 0.429. The lowest BCUT2D eigenvalue weighted by Crippen LogP contribution is -2.46. The number of methoxy groups -OCH3 is 1. The quantitative estimate of drug-likeness (QED) is 0.814. The van der Waals surface area contributed by atoms with Crippen molar-refractivity contribution in [3.63, 3.8) is 0 Å². The number of pyridine rings is 1. The van der Waals surface area contributed by atoms with Gasteiger partial charge in [0, 0.05) is 57.4 Å². The number of piperazine rings is 1. The summed E-state index contributed by atoms with van der Waals surface area (Å²) in [6.07, 6.45) is 3.52. The van der Waals surface area contributed by atoms with Crippen molar-refractivity contribution in [2.45, 2.75) is 19.4 Å². The summed E-state index contributed by atoms with van der Waals surface area (Å²) in [4.78, 5) is 22.9. The Balaban J connectivity index is 1.30. The van der Waals surface area contributed by atoms with Gasteiger partial charge in [-0.05, 0) is 30.2 Å². The molecule has 2 aliphatic rings. The van der Waals surface area contributed by atoms with Gasteiger partial charge in [-0.25, -0.2) is 4.98 Å². The molecule has 142 valence electrons. The second-order valence-electron chi connectivity index (χ2n) is 7.14. The normalized spacial score (nSPS) is 18.2. The Morgan fingerprint density at radius 1 is 0.963 bits per heavy atom.